The van der Waals surface area contributed by atoms with Gasteiger partial charge in [-0.25, -0.2) is 4.98 Å². The summed E-state index contributed by atoms with van der Waals surface area (Å²) in [6.45, 7) is 2.11. The molecule has 0 radical (unpaired) electrons. The second-order valence-electron chi connectivity index (χ2n) is 5.42. The Morgan fingerprint density at radius 3 is 2.38 bits per heavy atom. The fraction of sp³-hybridized carbons (Fsp3) is 0.412. The van der Waals surface area contributed by atoms with Crippen LogP contribution in [0.15, 0.2) is 30.5 Å². The number of rotatable bonds is 6. The topological polar surface area (TPSA) is 38.2 Å². The van der Waals surface area contributed by atoms with E-state index >= 15 is 0 Å². The number of halogens is 3. The minimum atomic E-state index is -4.54. The molecule has 2 aromatic rings. The molecule has 0 atom stereocenters. The highest BCUT2D eigenvalue weighted by atomic mass is 19.4. The Morgan fingerprint density at radius 1 is 1.17 bits per heavy atom. The van der Waals surface area contributed by atoms with E-state index in [1.54, 1.807) is 12.1 Å². The smallest absolute Gasteiger partial charge is 0.421 e. The minimum absolute atomic E-state index is 0.107. The van der Waals surface area contributed by atoms with Crippen molar-refractivity contribution in [3.05, 3.63) is 41.6 Å². The molecule has 0 aliphatic heterocycles. The largest absolute Gasteiger partial charge is 0.467 e. The predicted molar refractivity (Wildman–Crippen MR) is 86.7 cm³/mol. The van der Waals surface area contributed by atoms with Crippen molar-refractivity contribution in [3.8, 4) is 6.01 Å². The van der Waals surface area contributed by atoms with Gasteiger partial charge in [0, 0.05) is 18.9 Å². The van der Waals surface area contributed by atoms with E-state index in [-0.39, 0.29) is 11.8 Å². The molecule has 0 aliphatic rings. The van der Waals surface area contributed by atoms with E-state index in [1.165, 1.54) is 19.1 Å². The zero-order valence-corrected chi connectivity index (χ0v) is 13.9. The maximum Gasteiger partial charge on any atom is 0.421 e. The molecule has 0 saturated carbocycles. The van der Waals surface area contributed by atoms with Gasteiger partial charge in [-0.3, -0.25) is 0 Å². The standard InChI is InChI=1S/C17H20F3N3O/c1-4-5-6-12-7-9-13(10-8-12)23(2)15-14(17(18,19)20)11-21-16(22-15)24-3/h7-11H,4-6H2,1-3H3. The summed E-state index contributed by atoms with van der Waals surface area (Å²) in [6, 6.07) is 7.32. The molecule has 0 bridgehead atoms. The van der Waals surface area contributed by atoms with E-state index in [2.05, 4.69) is 16.9 Å². The van der Waals surface area contributed by atoms with Gasteiger partial charge in [0.05, 0.1) is 7.11 Å². The number of ether oxygens (including phenoxy) is 1. The summed E-state index contributed by atoms with van der Waals surface area (Å²) < 4.78 is 44.5. The zero-order valence-electron chi connectivity index (χ0n) is 13.9. The Bertz CT molecular complexity index is 672. The number of anilines is 2. The van der Waals surface area contributed by atoms with Gasteiger partial charge < -0.3 is 9.64 Å². The molecule has 24 heavy (non-hydrogen) atoms. The van der Waals surface area contributed by atoms with E-state index in [0.717, 1.165) is 31.0 Å². The fourth-order valence-corrected chi connectivity index (χ4v) is 2.30. The van der Waals surface area contributed by atoms with Gasteiger partial charge in [0.2, 0.25) is 0 Å². The number of hydrogen-bond donors (Lipinski definition) is 0. The summed E-state index contributed by atoms with van der Waals surface area (Å²) >= 11 is 0. The van der Waals surface area contributed by atoms with Crippen LogP contribution in [0.3, 0.4) is 0 Å². The average molecular weight is 339 g/mol. The predicted octanol–water partition coefficient (Wildman–Crippen LogP) is 4.61. The molecule has 130 valence electrons. The molecule has 2 rings (SSSR count). The van der Waals surface area contributed by atoms with Crippen molar-refractivity contribution in [1.82, 2.24) is 9.97 Å². The molecule has 0 amide bonds. The van der Waals surface area contributed by atoms with Crippen LogP contribution in [-0.4, -0.2) is 24.1 Å². The van der Waals surface area contributed by atoms with Gasteiger partial charge in [-0.15, -0.1) is 0 Å². The van der Waals surface area contributed by atoms with E-state index in [9.17, 15) is 13.2 Å². The highest BCUT2D eigenvalue weighted by Gasteiger charge is 2.36. The molecule has 1 heterocycles. The minimum Gasteiger partial charge on any atom is -0.467 e. The van der Waals surface area contributed by atoms with Crippen LogP contribution in [0, 0.1) is 0 Å². The second kappa shape index (κ2) is 7.51. The molecule has 0 saturated heterocycles. The Kier molecular flexibility index (Phi) is 5.64. The number of nitrogens with zero attached hydrogens (tertiary/aromatic N) is 3. The van der Waals surface area contributed by atoms with Gasteiger partial charge in [-0.2, -0.15) is 18.2 Å². The van der Waals surface area contributed by atoms with Crippen molar-refractivity contribution in [2.45, 2.75) is 32.4 Å². The lowest BCUT2D eigenvalue weighted by atomic mass is 10.1. The maximum atomic E-state index is 13.2. The summed E-state index contributed by atoms with van der Waals surface area (Å²) in [5.74, 6) is -0.240. The van der Waals surface area contributed by atoms with Crippen LogP contribution in [0.5, 0.6) is 6.01 Å². The second-order valence-corrected chi connectivity index (χ2v) is 5.42. The van der Waals surface area contributed by atoms with Crippen molar-refractivity contribution >= 4 is 11.5 Å². The van der Waals surface area contributed by atoms with Crippen LogP contribution < -0.4 is 9.64 Å². The van der Waals surface area contributed by atoms with E-state index in [1.807, 2.05) is 12.1 Å². The first-order valence-electron chi connectivity index (χ1n) is 7.67. The van der Waals surface area contributed by atoms with Gasteiger partial charge in [-0.1, -0.05) is 25.5 Å². The highest BCUT2D eigenvalue weighted by Crippen LogP contribution is 2.37. The molecule has 0 spiro atoms. The van der Waals surface area contributed by atoms with Crippen molar-refractivity contribution < 1.29 is 17.9 Å². The highest BCUT2D eigenvalue weighted by molar-refractivity contribution is 5.63. The van der Waals surface area contributed by atoms with E-state index < -0.39 is 11.7 Å². The number of hydrogen-bond acceptors (Lipinski definition) is 4. The van der Waals surface area contributed by atoms with Crippen molar-refractivity contribution in [3.63, 3.8) is 0 Å². The third-order valence-corrected chi connectivity index (χ3v) is 3.69. The van der Waals surface area contributed by atoms with Crippen LogP contribution in [-0.2, 0) is 12.6 Å². The quantitative estimate of drug-likeness (QED) is 0.770. The molecule has 4 nitrogen and oxygen atoms in total. The first-order chi connectivity index (χ1) is 11.4. The van der Waals surface area contributed by atoms with Crippen LogP contribution in [0.25, 0.3) is 0 Å². The van der Waals surface area contributed by atoms with Gasteiger partial charge in [-0.05, 0) is 30.5 Å². The Hall–Kier alpha value is -2.31. The summed E-state index contributed by atoms with van der Waals surface area (Å²) in [7, 11) is 2.85. The number of aromatic nitrogens is 2. The summed E-state index contributed by atoms with van der Waals surface area (Å²) in [6.07, 6.45) is -0.673. The van der Waals surface area contributed by atoms with E-state index in [0.29, 0.717) is 5.69 Å². The zero-order chi connectivity index (χ0) is 17.7. The van der Waals surface area contributed by atoms with Crippen molar-refractivity contribution in [1.29, 1.82) is 0 Å². The van der Waals surface area contributed by atoms with E-state index in [4.69, 9.17) is 4.74 Å². The first kappa shape index (κ1) is 18.0. The molecule has 0 N–H and O–H groups in total. The molecule has 1 aromatic heterocycles. The number of methoxy groups -OCH3 is 1. The summed E-state index contributed by atoms with van der Waals surface area (Å²) in [4.78, 5) is 8.83. The van der Waals surface area contributed by atoms with Gasteiger partial charge >= 0.3 is 12.2 Å². The Labute approximate surface area is 139 Å². The number of unbranched alkanes of at least 4 members (excludes halogenated alkanes) is 1. The Balaban J connectivity index is 2.35. The normalized spacial score (nSPS) is 11.4. The number of alkyl halides is 3. The van der Waals surface area contributed by atoms with Crippen molar-refractivity contribution in [2.75, 3.05) is 19.1 Å². The monoisotopic (exact) mass is 339 g/mol. The molecular weight excluding hydrogens is 319 g/mol. The van der Waals surface area contributed by atoms with Crippen molar-refractivity contribution in [2.24, 2.45) is 0 Å². The SMILES string of the molecule is CCCCc1ccc(N(C)c2nc(OC)ncc2C(F)(F)F)cc1. The summed E-state index contributed by atoms with van der Waals surface area (Å²) in [5, 5.41) is 0. The lowest BCUT2D eigenvalue weighted by molar-refractivity contribution is -0.137. The third kappa shape index (κ3) is 4.15. The molecule has 0 fully saturated rings. The first-order valence-corrected chi connectivity index (χ1v) is 7.67. The molecular formula is C17H20F3N3O. The molecule has 0 unspecified atom stereocenters. The summed E-state index contributed by atoms with van der Waals surface area (Å²) in [5.41, 5.74) is 0.868. The third-order valence-electron chi connectivity index (χ3n) is 3.69. The lowest BCUT2D eigenvalue weighted by Crippen LogP contribution is -2.19. The Morgan fingerprint density at radius 2 is 1.83 bits per heavy atom. The fourth-order valence-electron chi connectivity index (χ4n) is 2.30. The number of aryl methyl sites for hydroxylation is 1. The van der Waals surface area contributed by atoms with Crippen LogP contribution in [0.2, 0.25) is 0 Å². The molecule has 0 aliphatic carbocycles. The van der Waals surface area contributed by atoms with Crippen LogP contribution >= 0.6 is 0 Å². The van der Waals surface area contributed by atoms with Crippen LogP contribution in [0.4, 0.5) is 24.7 Å². The van der Waals surface area contributed by atoms with Crippen LogP contribution in [0.1, 0.15) is 30.9 Å². The average Bonchev–Trinajstić information content (AvgIpc) is 2.58. The van der Waals surface area contributed by atoms with Gasteiger partial charge in [0.1, 0.15) is 5.56 Å². The van der Waals surface area contributed by atoms with Gasteiger partial charge in [0.25, 0.3) is 0 Å². The van der Waals surface area contributed by atoms with Gasteiger partial charge in [0.15, 0.2) is 5.82 Å². The maximum absolute atomic E-state index is 13.2. The number of benzene rings is 1. The lowest BCUT2D eigenvalue weighted by Gasteiger charge is -2.22. The molecule has 1 aromatic carbocycles. The molecule has 7 heteroatoms.